The van der Waals surface area contributed by atoms with E-state index in [0.717, 1.165) is 122 Å². The van der Waals surface area contributed by atoms with Crippen molar-refractivity contribution < 1.29 is 28.6 Å². The molecule has 0 aliphatic rings. The number of carbonyl (C=O) groups is 3. The molecule has 0 saturated carbocycles. The van der Waals surface area contributed by atoms with Crippen LogP contribution in [-0.4, -0.2) is 37.2 Å². The molecule has 0 bridgehead atoms. The third kappa shape index (κ3) is 45.0. The molecular weight excluding hydrogens is 733 g/mol. The average Bonchev–Trinajstić information content (AvgIpc) is 3.23. The maximum absolute atomic E-state index is 12.7. The van der Waals surface area contributed by atoms with Crippen molar-refractivity contribution in [1.82, 2.24) is 0 Å². The number of rotatable bonds is 40. The summed E-state index contributed by atoms with van der Waals surface area (Å²) in [6.07, 6.45) is 62.1. The predicted molar refractivity (Wildman–Crippen MR) is 251 cm³/mol. The van der Waals surface area contributed by atoms with Crippen LogP contribution in [0, 0.1) is 0 Å². The van der Waals surface area contributed by atoms with Gasteiger partial charge in [0.2, 0.25) is 0 Å². The molecular formula is C53H84O6. The molecule has 0 aliphatic carbocycles. The highest BCUT2D eigenvalue weighted by atomic mass is 16.6. The Kier molecular flexibility index (Phi) is 43.6. The fourth-order valence-electron chi connectivity index (χ4n) is 5.97. The predicted octanol–water partition coefficient (Wildman–Crippen LogP) is 15.2. The van der Waals surface area contributed by atoms with E-state index in [0.29, 0.717) is 19.3 Å². The third-order valence-electron chi connectivity index (χ3n) is 9.44. The van der Waals surface area contributed by atoms with E-state index in [1.807, 2.05) is 12.2 Å². The quantitative estimate of drug-likeness (QED) is 0.0265. The molecule has 6 nitrogen and oxygen atoms in total. The summed E-state index contributed by atoms with van der Waals surface area (Å²) in [7, 11) is 0. The number of unbranched alkanes of at least 4 members (excludes halogenated alkanes) is 17. The first-order valence-electron chi connectivity index (χ1n) is 23.5. The molecule has 0 radical (unpaired) electrons. The molecule has 332 valence electrons. The summed E-state index contributed by atoms with van der Waals surface area (Å²) >= 11 is 0. The number of esters is 3. The monoisotopic (exact) mass is 817 g/mol. The highest BCUT2D eigenvalue weighted by molar-refractivity contribution is 5.71. The van der Waals surface area contributed by atoms with E-state index in [2.05, 4.69) is 118 Å². The molecule has 0 aromatic rings. The van der Waals surface area contributed by atoms with Crippen molar-refractivity contribution in [3.63, 3.8) is 0 Å². The van der Waals surface area contributed by atoms with Crippen LogP contribution < -0.4 is 0 Å². The topological polar surface area (TPSA) is 78.9 Å². The Bertz CT molecular complexity index is 1260. The fourth-order valence-corrected chi connectivity index (χ4v) is 5.97. The summed E-state index contributed by atoms with van der Waals surface area (Å²) in [6, 6.07) is 0. The van der Waals surface area contributed by atoms with Crippen LogP contribution in [0.15, 0.2) is 109 Å². The zero-order valence-corrected chi connectivity index (χ0v) is 37.7. The van der Waals surface area contributed by atoms with Crippen LogP contribution >= 0.6 is 0 Å². The Labute approximate surface area is 361 Å². The van der Waals surface area contributed by atoms with Gasteiger partial charge in [-0.15, -0.1) is 0 Å². The van der Waals surface area contributed by atoms with Crippen molar-refractivity contribution >= 4 is 17.9 Å². The van der Waals surface area contributed by atoms with Gasteiger partial charge in [0.1, 0.15) is 13.2 Å². The van der Waals surface area contributed by atoms with Crippen LogP contribution in [-0.2, 0) is 28.6 Å². The van der Waals surface area contributed by atoms with Gasteiger partial charge in [0.05, 0.1) is 0 Å². The Hall–Kier alpha value is -3.93. The number of hydrogen-bond acceptors (Lipinski definition) is 6. The van der Waals surface area contributed by atoms with Crippen molar-refractivity contribution in [2.45, 2.75) is 194 Å². The van der Waals surface area contributed by atoms with Crippen molar-refractivity contribution in [1.29, 1.82) is 0 Å². The van der Waals surface area contributed by atoms with Crippen LogP contribution in [0.3, 0.4) is 0 Å². The normalized spacial score (nSPS) is 13.1. The van der Waals surface area contributed by atoms with E-state index in [-0.39, 0.29) is 31.1 Å². The van der Waals surface area contributed by atoms with E-state index in [9.17, 15) is 14.4 Å². The molecule has 0 N–H and O–H groups in total. The molecule has 0 saturated heterocycles. The van der Waals surface area contributed by atoms with Gasteiger partial charge in [-0.1, -0.05) is 201 Å². The minimum atomic E-state index is -0.803. The zero-order valence-electron chi connectivity index (χ0n) is 37.7. The van der Waals surface area contributed by atoms with Gasteiger partial charge >= 0.3 is 17.9 Å². The van der Waals surface area contributed by atoms with Crippen LogP contribution in [0.4, 0.5) is 0 Å². The number of carbonyl (C=O) groups excluding carboxylic acids is 3. The average molecular weight is 817 g/mol. The first-order valence-corrected chi connectivity index (χ1v) is 23.5. The van der Waals surface area contributed by atoms with E-state index in [4.69, 9.17) is 14.2 Å². The second-order valence-electron chi connectivity index (χ2n) is 15.1. The highest BCUT2D eigenvalue weighted by Crippen LogP contribution is 2.13. The van der Waals surface area contributed by atoms with E-state index < -0.39 is 6.10 Å². The summed E-state index contributed by atoms with van der Waals surface area (Å²) in [5.74, 6) is -0.966. The summed E-state index contributed by atoms with van der Waals surface area (Å²) in [6.45, 7) is 6.17. The van der Waals surface area contributed by atoms with Crippen LogP contribution in [0.1, 0.15) is 188 Å². The smallest absolute Gasteiger partial charge is 0.306 e. The number of ether oxygens (including phenoxy) is 3. The van der Waals surface area contributed by atoms with Gasteiger partial charge in [0, 0.05) is 19.3 Å². The summed E-state index contributed by atoms with van der Waals surface area (Å²) in [5.41, 5.74) is 0. The van der Waals surface area contributed by atoms with Gasteiger partial charge in [-0.25, -0.2) is 0 Å². The Morgan fingerprint density at radius 3 is 0.932 bits per heavy atom. The minimum absolute atomic E-state index is 0.102. The van der Waals surface area contributed by atoms with Crippen LogP contribution in [0.2, 0.25) is 0 Å². The van der Waals surface area contributed by atoms with Crippen molar-refractivity contribution in [2.75, 3.05) is 13.2 Å². The maximum Gasteiger partial charge on any atom is 0.306 e. The molecule has 1 unspecified atom stereocenters. The molecule has 1 atom stereocenters. The maximum atomic E-state index is 12.7. The van der Waals surface area contributed by atoms with E-state index in [1.54, 1.807) is 0 Å². The van der Waals surface area contributed by atoms with Crippen molar-refractivity contribution in [3.05, 3.63) is 109 Å². The Morgan fingerprint density at radius 1 is 0.339 bits per heavy atom. The van der Waals surface area contributed by atoms with Gasteiger partial charge in [0.15, 0.2) is 6.10 Å². The minimum Gasteiger partial charge on any atom is -0.462 e. The second kappa shape index (κ2) is 46.8. The molecule has 6 heteroatoms. The molecule has 0 aromatic carbocycles. The SMILES string of the molecule is CC/C=C/C=C/C=C/CCCCCCCCCC(=O)OCC(COC(=O)CCCCCCC/C=C/C=C/C=C/CC)OC(=O)CCCCCCC/C=C/C=C/C=C/CC. The zero-order chi connectivity index (χ0) is 43.0. The van der Waals surface area contributed by atoms with Gasteiger partial charge in [-0.2, -0.15) is 0 Å². The fraction of sp³-hybridized carbons (Fsp3) is 0.604. The van der Waals surface area contributed by atoms with Gasteiger partial charge < -0.3 is 14.2 Å². The number of allylic oxidation sites excluding steroid dienone is 18. The van der Waals surface area contributed by atoms with E-state index in [1.165, 1.54) is 25.7 Å². The van der Waals surface area contributed by atoms with Gasteiger partial charge in [-0.05, 0) is 77.0 Å². The lowest BCUT2D eigenvalue weighted by molar-refractivity contribution is -0.167. The molecule has 0 aromatic heterocycles. The lowest BCUT2D eigenvalue weighted by Gasteiger charge is -2.18. The van der Waals surface area contributed by atoms with Crippen LogP contribution in [0.25, 0.3) is 0 Å². The molecule has 59 heavy (non-hydrogen) atoms. The lowest BCUT2D eigenvalue weighted by atomic mass is 10.1. The number of hydrogen-bond donors (Lipinski definition) is 0. The largest absolute Gasteiger partial charge is 0.462 e. The van der Waals surface area contributed by atoms with E-state index >= 15 is 0 Å². The summed E-state index contributed by atoms with van der Waals surface area (Å²) in [5, 5.41) is 0. The molecule has 0 heterocycles. The first kappa shape index (κ1) is 55.1. The summed E-state index contributed by atoms with van der Waals surface area (Å²) in [4.78, 5) is 37.8. The molecule has 0 amide bonds. The second-order valence-corrected chi connectivity index (χ2v) is 15.1. The van der Waals surface area contributed by atoms with Crippen molar-refractivity contribution in [2.24, 2.45) is 0 Å². The third-order valence-corrected chi connectivity index (χ3v) is 9.44. The molecule has 0 aliphatic heterocycles. The Balaban J connectivity index is 4.48. The highest BCUT2D eigenvalue weighted by Gasteiger charge is 2.19. The lowest BCUT2D eigenvalue weighted by Crippen LogP contribution is -2.30. The Morgan fingerprint density at radius 2 is 0.610 bits per heavy atom. The summed E-state index contributed by atoms with van der Waals surface area (Å²) < 4.78 is 16.7. The molecule has 0 spiro atoms. The van der Waals surface area contributed by atoms with Crippen LogP contribution in [0.5, 0.6) is 0 Å². The molecule has 0 fully saturated rings. The van der Waals surface area contributed by atoms with Gasteiger partial charge in [0.25, 0.3) is 0 Å². The van der Waals surface area contributed by atoms with Crippen molar-refractivity contribution in [3.8, 4) is 0 Å². The molecule has 0 rings (SSSR count). The van der Waals surface area contributed by atoms with Gasteiger partial charge in [-0.3, -0.25) is 14.4 Å². The first-order chi connectivity index (χ1) is 29.0. The standard InChI is InChI=1S/C53H84O6/c1-4-7-10-13-16-19-22-25-26-29-31-34-37-40-43-46-52(55)58-49-50(59-53(56)47-44-41-38-35-32-28-24-21-18-15-12-9-6-3)48-57-51(54)45-42-39-36-33-30-27-23-20-17-14-11-8-5-2/h7-24,50H,4-6,25-49H2,1-3H3/b10-7+,11-8+,12-9+,16-13+,17-14+,18-15+,22-19+,23-20+,24-21+.